The van der Waals surface area contributed by atoms with Gasteiger partial charge in [0.1, 0.15) is 36.6 Å². The van der Waals surface area contributed by atoms with E-state index in [1.165, 1.54) is 0 Å². The van der Waals surface area contributed by atoms with Crippen LogP contribution in [0.4, 0.5) is 0 Å². The third-order valence-electron chi connectivity index (χ3n) is 4.17. The van der Waals surface area contributed by atoms with E-state index < -0.39 is 11.6 Å². The van der Waals surface area contributed by atoms with Crippen LogP contribution >= 0.6 is 0 Å². The molecule has 6 nitrogen and oxygen atoms in total. The summed E-state index contributed by atoms with van der Waals surface area (Å²) in [7, 11) is 3.31. The fraction of sp³-hybridized carbons (Fsp3) is 1.00. The third kappa shape index (κ3) is 2.19. The molecule has 0 bridgehead atoms. The van der Waals surface area contributed by atoms with E-state index >= 15 is 0 Å². The van der Waals surface area contributed by atoms with Crippen molar-refractivity contribution < 1.29 is 28.4 Å². The minimum atomic E-state index is -0.657. The maximum atomic E-state index is 6.02. The predicted molar refractivity (Wildman–Crippen MR) is 69.2 cm³/mol. The van der Waals surface area contributed by atoms with Crippen molar-refractivity contribution in [2.75, 3.05) is 14.2 Å². The Labute approximate surface area is 119 Å². The van der Waals surface area contributed by atoms with Crippen LogP contribution < -0.4 is 0 Å². The lowest BCUT2D eigenvalue weighted by Gasteiger charge is -2.41. The standard InChI is InChI=1S/C14H24O6/c1-13(2)17-9-7(15-5)8(16-6)10-12(11(9)19-13)20-14(3,4)18-10/h7-12H,1-6H3/t7-,8-,9+,10+,11+,12+/m0/s1. The van der Waals surface area contributed by atoms with E-state index in [-0.39, 0.29) is 36.6 Å². The van der Waals surface area contributed by atoms with Crippen molar-refractivity contribution in [3.05, 3.63) is 0 Å². The molecule has 0 spiro atoms. The fourth-order valence-electron chi connectivity index (χ4n) is 3.56. The third-order valence-corrected chi connectivity index (χ3v) is 4.17. The van der Waals surface area contributed by atoms with E-state index in [1.807, 2.05) is 27.7 Å². The van der Waals surface area contributed by atoms with Gasteiger partial charge in [0.05, 0.1) is 0 Å². The van der Waals surface area contributed by atoms with Gasteiger partial charge in [0.25, 0.3) is 0 Å². The van der Waals surface area contributed by atoms with Crippen LogP contribution in [0.1, 0.15) is 27.7 Å². The molecule has 116 valence electrons. The highest BCUT2D eigenvalue weighted by Crippen LogP contribution is 2.46. The smallest absolute Gasteiger partial charge is 0.164 e. The molecular formula is C14H24O6. The van der Waals surface area contributed by atoms with Gasteiger partial charge in [-0.1, -0.05) is 0 Å². The molecule has 2 heterocycles. The minimum Gasteiger partial charge on any atom is -0.376 e. The second-order valence-electron chi connectivity index (χ2n) is 6.53. The van der Waals surface area contributed by atoms with Crippen LogP contribution in [0.5, 0.6) is 0 Å². The second kappa shape index (κ2) is 4.63. The average Bonchev–Trinajstić information content (AvgIpc) is 2.82. The number of hydrogen-bond donors (Lipinski definition) is 0. The summed E-state index contributed by atoms with van der Waals surface area (Å²) >= 11 is 0. The molecule has 0 aromatic rings. The van der Waals surface area contributed by atoms with E-state index in [9.17, 15) is 0 Å². The van der Waals surface area contributed by atoms with Gasteiger partial charge in [-0.25, -0.2) is 0 Å². The number of rotatable bonds is 2. The minimum absolute atomic E-state index is 0.215. The Morgan fingerprint density at radius 2 is 0.900 bits per heavy atom. The van der Waals surface area contributed by atoms with Crippen molar-refractivity contribution in [3.63, 3.8) is 0 Å². The summed E-state index contributed by atoms with van der Waals surface area (Å²) in [4.78, 5) is 0. The lowest BCUT2D eigenvalue weighted by molar-refractivity contribution is -0.194. The molecule has 3 aliphatic rings. The molecule has 6 heteroatoms. The van der Waals surface area contributed by atoms with Crippen molar-refractivity contribution >= 4 is 0 Å². The maximum Gasteiger partial charge on any atom is 0.164 e. The van der Waals surface area contributed by atoms with E-state index in [4.69, 9.17) is 28.4 Å². The molecule has 20 heavy (non-hydrogen) atoms. The zero-order valence-electron chi connectivity index (χ0n) is 12.9. The van der Waals surface area contributed by atoms with Gasteiger partial charge in [-0.15, -0.1) is 0 Å². The summed E-state index contributed by atoms with van der Waals surface area (Å²) in [6, 6.07) is 0. The molecule has 2 aliphatic heterocycles. The van der Waals surface area contributed by atoms with Crippen molar-refractivity contribution in [2.24, 2.45) is 0 Å². The van der Waals surface area contributed by atoms with Crippen LogP contribution in [-0.2, 0) is 28.4 Å². The molecule has 6 atom stereocenters. The van der Waals surface area contributed by atoms with Crippen LogP contribution in [-0.4, -0.2) is 62.4 Å². The summed E-state index contributed by atoms with van der Waals surface area (Å²) in [5.74, 6) is -1.31. The quantitative estimate of drug-likeness (QED) is 0.757. The summed E-state index contributed by atoms with van der Waals surface area (Å²) in [5, 5.41) is 0. The zero-order valence-corrected chi connectivity index (χ0v) is 12.9. The normalized spacial score (nSPS) is 48.9. The van der Waals surface area contributed by atoms with Gasteiger partial charge in [0.2, 0.25) is 0 Å². The lowest BCUT2D eigenvalue weighted by Crippen LogP contribution is -2.62. The van der Waals surface area contributed by atoms with E-state index in [2.05, 4.69) is 0 Å². The molecule has 1 aliphatic carbocycles. The summed E-state index contributed by atoms with van der Waals surface area (Å²) in [5.41, 5.74) is 0. The van der Waals surface area contributed by atoms with E-state index in [0.717, 1.165) is 0 Å². The molecule has 0 unspecified atom stereocenters. The first-order chi connectivity index (χ1) is 9.28. The highest BCUT2D eigenvalue weighted by molar-refractivity contribution is 5.08. The lowest BCUT2D eigenvalue weighted by atomic mass is 9.85. The fourth-order valence-corrected chi connectivity index (χ4v) is 3.56. The Hall–Kier alpha value is -0.240. The molecule has 1 saturated carbocycles. The van der Waals surface area contributed by atoms with Crippen molar-refractivity contribution in [1.82, 2.24) is 0 Å². The Balaban J connectivity index is 1.95. The number of fused-ring (bicyclic) bond motifs is 3. The van der Waals surface area contributed by atoms with Crippen LogP contribution in [0.2, 0.25) is 0 Å². The molecule has 0 amide bonds. The Kier molecular flexibility index (Phi) is 3.40. The summed E-state index contributed by atoms with van der Waals surface area (Å²) < 4.78 is 35.3. The molecule has 0 aromatic heterocycles. The first-order valence-electron chi connectivity index (χ1n) is 7.05. The van der Waals surface area contributed by atoms with Crippen LogP contribution in [0.3, 0.4) is 0 Å². The molecular weight excluding hydrogens is 264 g/mol. The summed E-state index contributed by atoms with van der Waals surface area (Å²) in [6.45, 7) is 7.59. The topological polar surface area (TPSA) is 55.4 Å². The Bertz CT molecular complexity index is 346. The molecule has 2 saturated heterocycles. The largest absolute Gasteiger partial charge is 0.376 e. The van der Waals surface area contributed by atoms with E-state index in [1.54, 1.807) is 14.2 Å². The van der Waals surface area contributed by atoms with Crippen molar-refractivity contribution in [1.29, 1.82) is 0 Å². The molecule has 3 rings (SSSR count). The van der Waals surface area contributed by atoms with Gasteiger partial charge in [-0.3, -0.25) is 0 Å². The van der Waals surface area contributed by atoms with Gasteiger partial charge >= 0.3 is 0 Å². The number of ether oxygens (including phenoxy) is 6. The molecule has 0 radical (unpaired) electrons. The first-order valence-corrected chi connectivity index (χ1v) is 7.05. The van der Waals surface area contributed by atoms with Gasteiger partial charge in [-0.2, -0.15) is 0 Å². The zero-order chi connectivity index (χ0) is 14.7. The number of methoxy groups -OCH3 is 2. The van der Waals surface area contributed by atoms with Crippen LogP contribution in [0.15, 0.2) is 0 Å². The Morgan fingerprint density at radius 1 is 0.600 bits per heavy atom. The summed E-state index contributed by atoms with van der Waals surface area (Å²) in [6.07, 6.45) is -1.37. The predicted octanol–water partition coefficient (Wildman–Crippen LogP) is 1.07. The van der Waals surface area contributed by atoms with Gasteiger partial charge < -0.3 is 28.4 Å². The first kappa shape index (κ1) is 14.7. The molecule has 0 N–H and O–H groups in total. The van der Waals surface area contributed by atoms with Gasteiger partial charge in [0, 0.05) is 14.2 Å². The molecule has 0 aromatic carbocycles. The average molecular weight is 288 g/mol. The second-order valence-corrected chi connectivity index (χ2v) is 6.53. The maximum absolute atomic E-state index is 6.02. The monoisotopic (exact) mass is 288 g/mol. The van der Waals surface area contributed by atoms with Crippen LogP contribution in [0.25, 0.3) is 0 Å². The SMILES string of the molecule is CO[C@H]1[C@H](OC)[C@H]2OC(C)(C)O[C@H]2[C@@H]2OC(C)(C)O[C@H]12. The van der Waals surface area contributed by atoms with Gasteiger partial charge in [-0.05, 0) is 27.7 Å². The Morgan fingerprint density at radius 3 is 1.20 bits per heavy atom. The van der Waals surface area contributed by atoms with Crippen molar-refractivity contribution in [3.8, 4) is 0 Å². The highest BCUT2D eigenvalue weighted by atomic mass is 16.8. The molecule has 3 fully saturated rings. The van der Waals surface area contributed by atoms with Gasteiger partial charge in [0.15, 0.2) is 11.6 Å². The number of hydrogen-bond acceptors (Lipinski definition) is 6. The van der Waals surface area contributed by atoms with Crippen LogP contribution in [0, 0.1) is 0 Å². The van der Waals surface area contributed by atoms with Crippen molar-refractivity contribution in [2.45, 2.75) is 75.9 Å². The highest BCUT2D eigenvalue weighted by Gasteiger charge is 2.64. The van der Waals surface area contributed by atoms with E-state index in [0.29, 0.717) is 0 Å².